The molecule has 2 atom stereocenters. The van der Waals surface area contributed by atoms with Crippen LogP contribution in [-0.2, 0) is 30.8 Å². The number of benzene rings is 3. The summed E-state index contributed by atoms with van der Waals surface area (Å²) < 4.78 is 58.3. The zero-order valence-electron chi connectivity index (χ0n) is 30.3. The third kappa shape index (κ3) is 7.95. The molecule has 0 spiro atoms. The van der Waals surface area contributed by atoms with Crippen molar-refractivity contribution in [3.05, 3.63) is 95.9 Å². The van der Waals surface area contributed by atoms with E-state index in [-0.39, 0.29) is 61.5 Å². The van der Waals surface area contributed by atoms with Gasteiger partial charge >= 0.3 is 0 Å². The number of aliphatic hydroxyl groups excluding tert-OH is 1. The zero-order chi connectivity index (χ0) is 37.8. The van der Waals surface area contributed by atoms with Crippen molar-refractivity contribution >= 4 is 32.7 Å². The van der Waals surface area contributed by atoms with Crippen LogP contribution in [0.15, 0.2) is 89.7 Å². The second kappa shape index (κ2) is 16.2. The molecule has 3 aliphatic heterocycles. The van der Waals surface area contributed by atoms with E-state index >= 15 is 0 Å². The first-order chi connectivity index (χ1) is 26.1. The van der Waals surface area contributed by atoms with Crippen LogP contribution in [-0.4, -0.2) is 117 Å². The van der Waals surface area contributed by atoms with Crippen molar-refractivity contribution in [3.8, 4) is 17.2 Å². The van der Waals surface area contributed by atoms with Gasteiger partial charge < -0.3 is 33.7 Å². The third-order valence-corrected chi connectivity index (χ3v) is 11.9. The average molecular weight is 761 g/mol. The lowest BCUT2D eigenvalue weighted by molar-refractivity contribution is -0.153. The zero-order valence-corrected chi connectivity index (χ0v) is 31.1. The van der Waals surface area contributed by atoms with Crippen molar-refractivity contribution in [1.29, 1.82) is 0 Å². The molecule has 0 unspecified atom stereocenters. The SMILES string of the molecule is COc1ccc(S(=O)(=O)N(CCO)CCO[C@@H]2C[C@H](c3cn(C(C)=O)c4ccccc34)C=C(C(=O)N3CCN(Cc4ccc5c(c4)OCO5)CC3)O2)cc1. The lowest BCUT2D eigenvalue weighted by Crippen LogP contribution is -2.49. The maximum Gasteiger partial charge on any atom is 0.288 e. The van der Waals surface area contributed by atoms with Gasteiger partial charge in [-0.05, 0) is 59.7 Å². The second-order valence-corrected chi connectivity index (χ2v) is 15.3. The number of methoxy groups -OCH3 is 1. The Morgan fingerprint density at radius 3 is 2.46 bits per heavy atom. The number of rotatable bonds is 13. The summed E-state index contributed by atoms with van der Waals surface area (Å²) in [6.45, 7) is 4.06. The van der Waals surface area contributed by atoms with Crippen LogP contribution in [0.25, 0.3) is 10.9 Å². The van der Waals surface area contributed by atoms with Crippen LogP contribution in [0.3, 0.4) is 0 Å². The van der Waals surface area contributed by atoms with Gasteiger partial charge in [-0.25, -0.2) is 8.42 Å². The van der Waals surface area contributed by atoms with Gasteiger partial charge in [0.1, 0.15) is 5.75 Å². The summed E-state index contributed by atoms with van der Waals surface area (Å²) in [6, 6.07) is 19.5. The number of nitrogens with zero attached hydrogens (tertiary/aromatic N) is 4. The highest BCUT2D eigenvalue weighted by molar-refractivity contribution is 7.89. The predicted octanol–water partition coefficient (Wildman–Crippen LogP) is 3.80. The van der Waals surface area contributed by atoms with Crippen LogP contribution in [0.2, 0.25) is 0 Å². The summed E-state index contributed by atoms with van der Waals surface area (Å²) >= 11 is 0. The van der Waals surface area contributed by atoms with Gasteiger partial charge in [0.15, 0.2) is 17.3 Å². The Morgan fingerprint density at radius 1 is 0.963 bits per heavy atom. The van der Waals surface area contributed by atoms with Gasteiger partial charge in [-0.2, -0.15) is 4.31 Å². The molecule has 15 heteroatoms. The lowest BCUT2D eigenvalue weighted by atomic mass is 9.92. The fraction of sp³-hybridized carbons (Fsp3) is 0.385. The van der Waals surface area contributed by atoms with Crippen LogP contribution < -0.4 is 14.2 Å². The highest BCUT2D eigenvalue weighted by atomic mass is 32.2. The second-order valence-electron chi connectivity index (χ2n) is 13.3. The van der Waals surface area contributed by atoms with Crippen LogP contribution in [0.4, 0.5) is 0 Å². The van der Waals surface area contributed by atoms with Gasteiger partial charge in [-0.15, -0.1) is 0 Å². The molecule has 14 nitrogen and oxygen atoms in total. The van der Waals surface area contributed by atoms with Gasteiger partial charge in [0.25, 0.3) is 5.91 Å². The molecule has 286 valence electrons. The third-order valence-electron chi connectivity index (χ3n) is 9.94. The lowest BCUT2D eigenvalue weighted by Gasteiger charge is -2.36. The quantitative estimate of drug-likeness (QED) is 0.212. The summed E-state index contributed by atoms with van der Waals surface area (Å²) in [5.41, 5.74) is 2.70. The Kier molecular flexibility index (Phi) is 11.2. The van der Waals surface area contributed by atoms with Crippen LogP contribution in [0.5, 0.6) is 17.2 Å². The fourth-order valence-corrected chi connectivity index (χ4v) is 8.51. The molecule has 0 saturated carbocycles. The molecule has 3 aliphatic rings. The number of piperazine rings is 1. The van der Waals surface area contributed by atoms with Gasteiger partial charge in [-0.1, -0.05) is 24.3 Å². The predicted molar refractivity (Wildman–Crippen MR) is 198 cm³/mol. The summed E-state index contributed by atoms with van der Waals surface area (Å²) in [4.78, 5) is 30.8. The average Bonchev–Trinajstić information content (AvgIpc) is 3.83. The van der Waals surface area contributed by atoms with E-state index in [9.17, 15) is 23.1 Å². The van der Waals surface area contributed by atoms with Crippen molar-refractivity contribution in [2.45, 2.75) is 37.0 Å². The van der Waals surface area contributed by atoms with E-state index in [1.807, 2.05) is 42.5 Å². The minimum atomic E-state index is -3.97. The minimum Gasteiger partial charge on any atom is -0.497 e. The van der Waals surface area contributed by atoms with E-state index in [1.54, 1.807) is 33.9 Å². The number of sulfonamides is 1. The minimum absolute atomic E-state index is 0.0550. The van der Waals surface area contributed by atoms with E-state index in [0.717, 1.165) is 37.8 Å². The number of aliphatic hydroxyl groups is 1. The topological polar surface area (TPSA) is 149 Å². The van der Waals surface area contributed by atoms with Crippen LogP contribution >= 0.6 is 0 Å². The summed E-state index contributed by atoms with van der Waals surface area (Å²) in [6.07, 6.45) is 3.03. The first-order valence-corrected chi connectivity index (χ1v) is 19.3. The molecule has 1 aromatic heterocycles. The largest absolute Gasteiger partial charge is 0.497 e. The van der Waals surface area contributed by atoms with Crippen LogP contribution in [0.1, 0.15) is 35.2 Å². The van der Waals surface area contributed by atoms with Gasteiger partial charge in [0.2, 0.25) is 29.0 Å². The number of carbonyl (C=O) groups excluding carboxylic acids is 2. The molecule has 0 bridgehead atoms. The molecular formula is C39H44N4O10S. The molecule has 4 heterocycles. The summed E-state index contributed by atoms with van der Waals surface area (Å²) in [7, 11) is -2.47. The van der Waals surface area contributed by atoms with E-state index in [1.165, 1.54) is 26.2 Å². The summed E-state index contributed by atoms with van der Waals surface area (Å²) in [5.74, 6) is 1.37. The van der Waals surface area contributed by atoms with E-state index in [0.29, 0.717) is 44.9 Å². The molecule has 7 rings (SSSR count). The smallest absolute Gasteiger partial charge is 0.288 e. The van der Waals surface area contributed by atoms with Crippen molar-refractivity contribution in [2.24, 2.45) is 0 Å². The first-order valence-electron chi connectivity index (χ1n) is 17.9. The van der Waals surface area contributed by atoms with Crippen molar-refractivity contribution < 1.29 is 46.8 Å². The van der Waals surface area contributed by atoms with E-state index in [4.69, 9.17) is 23.7 Å². The van der Waals surface area contributed by atoms with Gasteiger partial charge in [0.05, 0.1) is 30.7 Å². The molecule has 1 amide bonds. The number of carbonyl (C=O) groups is 2. The maximum atomic E-state index is 14.1. The number of ether oxygens (including phenoxy) is 5. The molecule has 3 aromatic carbocycles. The molecule has 4 aromatic rings. The van der Waals surface area contributed by atoms with Gasteiger partial charge in [-0.3, -0.25) is 19.1 Å². The van der Waals surface area contributed by atoms with Crippen molar-refractivity contribution in [1.82, 2.24) is 18.7 Å². The number of amides is 1. The number of hydrogen-bond acceptors (Lipinski definition) is 11. The Balaban J connectivity index is 1.07. The molecule has 0 aliphatic carbocycles. The number of hydrogen-bond donors (Lipinski definition) is 1. The normalized spacial score (nSPS) is 18.8. The molecule has 54 heavy (non-hydrogen) atoms. The number of fused-ring (bicyclic) bond motifs is 2. The van der Waals surface area contributed by atoms with Crippen molar-refractivity contribution in [2.75, 3.05) is 66.4 Å². The highest BCUT2D eigenvalue weighted by Gasteiger charge is 2.34. The van der Waals surface area contributed by atoms with Gasteiger partial charge in [0, 0.05) is 76.7 Å². The molecule has 0 radical (unpaired) electrons. The Hall–Kier alpha value is -4.93. The Labute approximate surface area is 314 Å². The number of para-hydroxylation sites is 1. The molecule has 1 saturated heterocycles. The molecular weight excluding hydrogens is 717 g/mol. The van der Waals surface area contributed by atoms with E-state index < -0.39 is 16.3 Å². The van der Waals surface area contributed by atoms with Crippen molar-refractivity contribution in [3.63, 3.8) is 0 Å². The first kappa shape index (κ1) is 37.4. The fourth-order valence-electron chi connectivity index (χ4n) is 7.10. The Bertz CT molecular complexity index is 2130. The highest BCUT2D eigenvalue weighted by Crippen LogP contribution is 2.37. The van der Waals surface area contributed by atoms with E-state index in [2.05, 4.69) is 4.90 Å². The van der Waals surface area contributed by atoms with Crippen LogP contribution in [0, 0.1) is 0 Å². The Morgan fingerprint density at radius 2 is 1.72 bits per heavy atom. The standard InChI is InChI=1S/C39H44N4O10S/c1-27(45)43-25-33(32-5-3-4-6-34(32)43)29-22-37(39(46)41-15-13-40(14-16-41)24-28-7-12-35-36(21-28)52-26-51-35)53-38(23-29)50-20-18-42(17-19-44)54(47,48)31-10-8-30(49-2)9-11-31/h3-12,21-22,25,29,38,44H,13-20,23-24,26H2,1-2H3/t29-,38+/m1/s1. The number of allylic oxidation sites excluding steroid dienone is 1. The maximum absolute atomic E-state index is 14.1. The molecule has 1 fully saturated rings. The number of aromatic nitrogens is 1. The monoisotopic (exact) mass is 760 g/mol. The molecule has 1 N–H and O–H groups in total. The summed E-state index contributed by atoms with van der Waals surface area (Å²) in [5, 5.41) is 10.6.